The van der Waals surface area contributed by atoms with Crippen LogP contribution in [-0.4, -0.2) is 75.8 Å². The number of rotatable bonds is 4. The van der Waals surface area contributed by atoms with E-state index in [4.69, 9.17) is 14.5 Å². The van der Waals surface area contributed by atoms with Crippen LogP contribution in [0.3, 0.4) is 0 Å². The Labute approximate surface area is 230 Å². The van der Waals surface area contributed by atoms with Crippen molar-refractivity contribution in [3.63, 3.8) is 0 Å². The summed E-state index contributed by atoms with van der Waals surface area (Å²) in [5.41, 5.74) is 3.16. The number of aromatic nitrogens is 3. The van der Waals surface area contributed by atoms with E-state index in [2.05, 4.69) is 20.9 Å². The van der Waals surface area contributed by atoms with Gasteiger partial charge in [-0.3, -0.25) is 23.3 Å². The van der Waals surface area contributed by atoms with Crippen molar-refractivity contribution in [2.75, 3.05) is 39.9 Å². The monoisotopic (exact) mass is 547 g/mol. The van der Waals surface area contributed by atoms with E-state index >= 15 is 0 Å². The molecule has 4 aromatic rings. The van der Waals surface area contributed by atoms with Gasteiger partial charge in [-0.05, 0) is 49.6 Å². The van der Waals surface area contributed by atoms with Crippen molar-refractivity contribution in [1.82, 2.24) is 23.7 Å². The van der Waals surface area contributed by atoms with Gasteiger partial charge in [-0.1, -0.05) is 30.1 Å². The number of aromatic amines is 1. The first-order valence-corrected chi connectivity index (χ1v) is 14.7. The van der Waals surface area contributed by atoms with Crippen LogP contribution in [0.1, 0.15) is 31.2 Å². The van der Waals surface area contributed by atoms with Crippen molar-refractivity contribution in [1.29, 1.82) is 0 Å². The van der Waals surface area contributed by atoms with E-state index < -0.39 is 0 Å². The van der Waals surface area contributed by atoms with Crippen LogP contribution < -0.4 is 15.9 Å². The Hall–Kier alpha value is -3.05. The highest BCUT2D eigenvalue weighted by atomic mass is 32.1. The molecule has 0 radical (unpaired) electrons. The first kappa shape index (κ1) is 25.0. The van der Waals surface area contributed by atoms with Gasteiger partial charge >= 0.3 is 0 Å². The number of hydrogen-bond acceptors (Lipinski definition) is 8. The molecular weight excluding hydrogens is 514 g/mol. The maximum atomic E-state index is 13.5. The number of hydrogen-bond donors (Lipinski definition) is 1. The molecule has 3 aliphatic heterocycles. The average Bonchev–Trinajstić information content (AvgIpc) is 3.51. The molecule has 6 bridgehead atoms. The number of nitrogens with zero attached hydrogens (tertiary/aromatic N) is 4. The Morgan fingerprint density at radius 2 is 2.05 bits per heavy atom. The van der Waals surface area contributed by atoms with E-state index in [9.17, 15) is 9.59 Å². The standard InChI is InChI=1S/C29H33N5O4S/c1-37-17-19-5-2-3-9-33(19)15-18-13-23-26-24(14-18)38-20-8-10-32(16-20)11-12-34-29(36)22-7-4-6-21(27(22)39-34)25(31-26)28(35)30-23/h4,6-7,13-14,19-20H,2-3,5,8-12,15-17H2,1H3,(H,30,35)/t19-,20-/m0/s1. The van der Waals surface area contributed by atoms with Crippen molar-refractivity contribution in [3.05, 3.63) is 56.6 Å². The summed E-state index contributed by atoms with van der Waals surface area (Å²) in [6, 6.07) is 10.1. The Bertz CT molecular complexity index is 1660. The van der Waals surface area contributed by atoms with Gasteiger partial charge in [0.1, 0.15) is 23.1 Å². The quantitative estimate of drug-likeness (QED) is 0.419. The first-order valence-electron chi connectivity index (χ1n) is 13.9. The molecule has 7 rings (SSSR count). The third-order valence-electron chi connectivity index (χ3n) is 8.39. The minimum atomic E-state index is -0.264. The zero-order chi connectivity index (χ0) is 26.5. The molecule has 39 heavy (non-hydrogen) atoms. The lowest BCUT2D eigenvalue weighted by atomic mass is 10.0. The molecule has 0 spiro atoms. The molecule has 5 heterocycles. The van der Waals surface area contributed by atoms with Crippen LogP contribution in [0.2, 0.25) is 0 Å². The van der Waals surface area contributed by atoms with Gasteiger partial charge < -0.3 is 14.5 Å². The predicted octanol–water partition coefficient (Wildman–Crippen LogP) is 3.43. The van der Waals surface area contributed by atoms with Crippen LogP contribution in [0.15, 0.2) is 39.9 Å². The van der Waals surface area contributed by atoms with Gasteiger partial charge in [-0.25, -0.2) is 4.98 Å². The molecule has 2 fully saturated rings. The second kappa shape index (κ2) is 10.2. The molecule has 1 N–H and O–H groups in total. The molecule has 2 saturated heterocycles. The molecule has 9 nitrogen and oxygen atoms in total. The van der Waals surface area contributed by atoms with Crippen molar-refractivity contribution in [2.45, 2.75) is 50.9 Å². The third-order valence-corrected chi connectivity index (χ3v) is 9.58. The number of fused-ring (bicyclic) bond motifs is 5. The lowest BCUT2D eigenvalue weighted by molar-refractivity contribution is 0.0600. The molecule has 2 aromatic carbocycles. The zero-order valence-corrected chi connectivity index (χ0v) is 23.0. The molecule has 10 heteroatoms. The maximum Gasteiger partial charge on any atom is 0.275 e. The van der Waals surface area contributed by atoms with Crippen molar-refractivity contribution in [3.8, 4) is 17.0 Å². The fourth-order valence-corrected chi connectivity index (χ4v) is 7.49. The summed E-state index contributed by atoms with van der Waals surface area (Å²) in [6.45, 7) is 5.64. The SMILES string of the molecule is COC[C@@H]1CCCCN1Cc1cc2c3nc(c(=O)[nH]c3c1)-c1cccc3c(=O)n(sc13)CCN1CC[C@@H](C1)O2. The highest BCUT2D eigenvalue weighted by Gasteiger charge is 2.28. The molecule has 2 aromatic heterocycles. The van der Waals surface area contributed by atoms with E-state index in [-0.39, 0.29) is 17.2 Å². The Kier molecular flexibility index (Phi) is 6.50. The average molecular weight is 548 g/mol. The summed E-state index contributed by atoms with van der Waals surface area (Å²) in [6.07, 6.45) is 4.46. The summed E-state index contributed by atoms with van der Waals surface area (Å²) in [4.78, 5) is 39.5. The summed E-state index contributed by atoms with van der Waals surface area (Å²) in [5, 5.41) is 0.631. The highest BCUT2D eigenvalue weighted by molar-refractivity contribution is 7.14. The highest BCUT2D eigenvalue weighted by Crippen LogP contribution is 2.33. The number of nitrogens with one attached hydrogen (secondary N) is 1. The van der Waals surface area contributed by atoms with Gasteiger partial charge in [0.2, 0.25) is 0 Å². The normalized spacial score (nSPS) is 23.5. The van der Waals surface area contributed by atoms with Crippen LogP contribution in [0.4, 0.5) is 0 Å². The predicted molar refractivity (Wildman–Crippen MR) is 153 cm³/mol. The summed E-state index contributed by atoms with van der Waals surface area (Å²) < 4.78 is 14.8. The molecule has 3 atom stereocenters. The van der Waals surface area contributed by atoms with Crippen LogP contribution in [0, 0.1) is 0 Å². The molecular formula is C29H33N5O4S. The number of benzene rings is 2. The Morgan fingerprint density at radius 1 is 1.13 bits per heavy atom. The van der Waals surface area contributed by atoms with Crippen LogP contribution in [-0.2, 0) is 17.8 Å². The second-order valence-electron chi connectivity index (χ2n) is 11.0. The van der Waals surface area contributed by atoms with Gasteiger partial charge in [0.15, 0.2) is 0 Å². The van der Waals surface area contributed by atoms with Crippen LogP contribution >= 0.6 is 11.5 Å². The van der Waals surface area contributed by atoms with E-state index in [1.54, 1.807) is 11.1 Å². The fourth-order valence-electron chi connectivity index (χ4n) is 6.40. The van der Waals surface area contributed by atoms with Gasteiger partial charge in [0, 0.05) is 51.4 Å². The third kappa shape index (κ3) is 4.59. The largest absolute Gasteiger partial charge is 0.487 e. The summed E-state index contributed by atoms with van der Waals surface area (Å²) in [7, 11) is 1.76. The van der Waals surface area contributed by atoms with E-state index in [1.165, 1.54) is 24.4 Å². The van der Waals surface area contributed by atoms with Gasteiger partial charge in [0.25, 0.3) is 11.1 Å². The molecule has 1 unspecified atom stereocenters. The number of ether oxygens (including phenoxy) is 2. The van der Waals surface area contributed by atoms with Crippen molar-refractivity contribution < 1.29 is 9.47 Å². The molecule has 3 aliphatic rings. The number of piperidine rings is 1. The van der Waals surface area contributed by atoms with Crippen LogP contribution in [0.5, 0.6) is 5.75 Å². The van der Waals surface area contributed by atoms with Crippen molar-refractivity contribution in [2.24, 2.45) is 0 Å². The lowest BCUT2D eigenvalue weighted by Gasteiger charge is -2.35. The van der Waals surface area contributed by atoms with Gasteiger partial charge in [-0.15, -0.1) is 0 Å². The van der Waals surface area contributed by atoms with Gasteiger partial charge in [0.05, 0.1) is 22.2 Å². The van der Waals surface area contributed by atoms with Crippen molar-refractivity contribution >= 4 is 32.7 Å². The number of methoxy groups -OCH3 is 1. The van der Waals surface area contributed by atoms with E-state index in [1.807, 2.05) is 24.3 Å². The Balaban J connectivity index is 1.38. The van der Waals surface area contributed by atoms with Gasteiger partial charge in [-0.2, -0.15) is 0 Å². The Morgan fingerprint density at radius 3 is 2.95 bits per heavy atom. The summed E-state index contributed by atoms with van der Waals surface area (Å²) in [5.74, 6) is 0.710. The maximum absolute atomic E-state index is 13.5. The number of likely N-dealkylation sites (tertiary alicyclic amines) is 1. The minimum absolute atomic E-state index is 0.00856. The second-order valence-corrected chi connectivity index (χ2v) is 12.0. The zero-order valence-electron chi connectivity index (χ0n) is 22.1. The molecule has 0 amide bonds. The van der Waals surface area contributed by atoms with E-state index in [0.29, 0.717) is 46.0 Å². The topological polar surface area (TPSA) is 92.7 Å². The first-order chi connectivity index (χ1) is 19.1. The molecule has 0 aliphatic carbocycles. The summed E-state index contributed by atoms with van der Waals surface area (Å²) >= 11 is 1.42. The fraction of sp³-hybridized carbons (Fsp3) is 0.483. The minimum Gasteiger partial charge on any atom is -0.487 e. The van der Waals surface area contributed by atoms with E-state index in [0.717, 1.165) is 62.4 Å². The molecule has 204 valence electrons. The van der Waals surface area contributed by atoms with Crippen LogP contribution in [0.25, 0.3) is 32.4 Å². The lowest BCUT2D eigenvalue weighted by Crippen LogP contribution is -2.41. The number of H-pyrrole nitrogens is 1. The smallest absolute Gasteiger partial charge is 0.275 e. The molecule has 0 saturated carbocycles.